The minimum Gasteiger partial charge on any atom is -0.507 e. The molecule has 0 saturated heterocycles. The molecule has 1 rings (SSSR count). The summed E-state index contributed by atoms with van der Waals surface area (Å²) < 4.78 is 0. The van der Waals surface area contributed by atoms with Gasteiger partial charge >= 0.3 is 5.97 Å². The van der Waals surface area contributed by atoms with Crippen molar-refractivity contribution in [3.8, 4) is 5.75 Å². The van der Waals surface area contributed by atoms with Gasteiger partial charge in [0.15, 0.2) is 5.78 Å². The van der Waals surface area contributed by atoms with E-state index >= 15 is 0 Å². The third-order valence-corrected chi connectivity index (χ3v) is 2.26. The van der Waals surface area contributed by atoms with E-state index in [1.165, 1.54) is 30.4 Å². The van der Waals surface area contributed by atoms with Gasteiger partial charge in [-0.2, -0.15) is 0 Å². The lowest BCUT2D eigenvalue weighted by Gasteiger charge is -1.99. The first-order valence-electron chi connectivity index (χ1n) is 4.90. The first-order valence-corrected chi connectivity index (χ1v) is 5.28. The SMILES string of the molecule is O=C(O)CCC(=O)/C=C/c1cc(Cl)ccc1O. The van der Waals surface area contributed by atoms with Crippen molar-refractivity contribution in [1.29, 1.82) is 0 Å². The highest BCUT2D eigenvalue weighted by molar-refractivity contribution is 6.30. The van der Waals surface area contributed by atoms with Crippen molar-refractivity contribution in [2.75, 3.05) is 0 Å². The van der Waals surface area contributed by atoms with Crippen molar-refractivity contribution in [2.24, 2.45) is 0 Å². The van der Waals surface area contributed by atoms with Gasteiger partial charge in [-0.15, -0.1) is 0 Å². The average Bonchev–Trinajstić information content (AvgIpc) is 2.27. The number of ketones is 1. The second-order valence-corrected chi connectivity index (χ2v) is 3.83. The van der Waals surface area contributed by atoms with Gasteiger partial charge in [-0.3, -0.25) is 9.59 Å². The molecular formula is C12H11ClO4. The Labute approximate surface area is 103 Å². The van der Waals surface area contributed by atoms with Crippen LogP contribution >= 0.6 is 11.6 Å². The molecule has 0 radical (unpaired) electrons. The summed E-state index contributed by atoms with van der Waals surface area (Å²) in [5.74, 6) is -1.32. The fourth-order valence-electron chi connectivity index (χ4n) is 1.16. The molecule has 0 aliphatic rings. The molecule has 90 valence electrons. The Balaban J connectivity index is 2.67. The summed E-state index contributed by atoms with van der Waals surface area (Å²) in [6.07, 6.45) is 2.37. The molecule has 0 saturated carbocycles. The van der Waals surface area contributed by atoms with Gasteiger partial charge < -0.3 is 10.2 Å². The predicted octanol–water partition coefficient (Wildman–Crippen LogP) is 2.49. The van der Waals surface area contributed by atoms with E-state index in [4.69, 9.17) is 16.7 Å². The zero-order valence-corrected chi connectivity index (χ0v) is 9.65. The molecule has 4 nitrogen and oxygen atoms in total. The molecule has 1 aromatic rings. The Morgan fingerprint density at radius 3 is 2.65 bits per heavy atom. The minimum atomic E-state index is -1.02. The standard InChI is InChI=1S/C12H11ClO4/c13-9-2-5-11(15)8(7-9)1-3-10(14)4-6-12(16)17/h1-3,5,7,15H,4,6H2,(H,16,17)/b3-1+. The van der Waals surface area contributed by atoms with Crippen LogP contribution in [0.5, 0.6) is 5.75 Å². The molecule has 0 aliphatic heterocycles. The Hall–Kier alpha value is -1.81. The number of carboxylic acid groups (broad SMARTS) is 1. The topological polar surface area (TPSA) is 74.6 Å². The van der Waals surface area contributed by atoms with E-state index in [0.29, 0.717) is 10.6 Å². The Morgan fingerprint density at radius 2 is 2.00 bits per heavy atom. The second kappa shape index (κ2) is 6.06. The number of phenols is 1. The van der Waals surface area contributed by atoms with Gasteiger partial charge in [-0.05, 0) is 30.4 Å². The maximum atomic E-state index is 11.3. The van der Waals surface area contributed by atoms with Gasteiger partial charge in [0.25, 0.3) is 0 Å². The van der Waals surface area contributed by atoms with Gasteiger partial charge in [0, 0.05) is 17.0 Å². The molecule has 0 atom stereocenters. The fraction of sp³-hybridized carbons (Fsp3) is 0.167. The van der Waals surface area contributed by atoms with Crippen molar-refractivity contribution >= 4 is 29.4 Å². The van der Waals surface area contributed by atoms with Crippen LogP contribution in [0.2, 0.25) is 5.02 Å². The van der Waals surface area contributed by atoms with E-state index in [-0.39, 0.29) is 24.4 Å². The molecule has 0 spiro atoms. The molecule has 17 heavy (non-hydrogen) atoms. The van der Waals surface area contributed by atoms with Crippen molar-refractivity contribution in [3.63, 3.8) is 0 Å². The van der Waals surface area contributed by atoms with Crippen molar-refractivity contribution in [3.05, 3.63) is 34.9 Å². The van der Waals surface area contributed by atoms with Crippen molar-refractivity contribution < 1.29 is 19.8 Å². The lowest BCUT2D eigenvalue weighted by atomic mass is 10.1. The number of allylic oxidation sites excluding steroid dienone is 1. The summed E-state index contributed by atoms with van der Waals surface area (Å²) in [5, 5.41) is 18.3. The van der Waals surface area contributed by atoms with E-state index < -0.39 is 5.97 Å². The largest absolute Gasteiger partial charge is 0.507 e. The number of rotatable bonds is 5. The Kier molecular flexibility index (Phi) is 4.72. The first kappa shape index (κ1) is 13.3. The van der Waals surface area contributed by atoms with Gasteiger partial charge in [0.1, 0.15) is 5.75 Å². The fourth-order valence-corrected chi connectivity index (χ4v) is 1.34. The second-order valence-electron chi connectivity index (χ2n) is 3.40. The molecule has 0 bridgehead atoms. The number of carboxylic acids is 1. The van der Waals surface area contributed by atoms with E-state index in [9.17, 15) is 14.7 Å². The average molecular weight is 255 g/mol. The minimum absolute atomic E-state index is 0.0108. The third-order valence-electron chi connectivity index (χ3n) is 2.02. The molecule has 2 N–H and O–H groups in total. The lowest BCUT2D eigenvalue weighted by molar-refractivity contribution is -0.138. The quantitative estimate of drug-likeness (QED) is 0.792. The molecule has 0 fully saturated rings. The maximum absolute atomic E-state index is 11.3. The summed E-state index contributed by atoms with van der Waals surface area (Å²) >= 11 is 5.73. The summed E-state index contributed by atoms with van der Waals surface area (Å²) in [7, 11) is 0. The van der Waals surface area contributed by atoms with Crippen LogP contribution in [0.15, 0.2) is 24.3 Å². The van der Waals surface area contributed by atoms with Gasteiger partial charge in [0.05, 0.1) is 6.42 Å². The smallest absolute Gasteiger partial charge is 0.303 e. The molecule has 1 aromatic carbocycles. The molecule has 0 heterocycles. The zero-order chi connectivity index (χ0) is 12.8. The van der Waals surface area contributed by atoms with Crippen LogP contribution in [0.1, 0.15) is 18.4 Å². The zero-order valence-electron chi connectivity index (χ0n) is 8.89. The van der Waals surface area contributed by atoms with Crippen LogP contribution in [-0.4, -0.2) is 22.0 Å². The van der Waals surface area contributed by atoms with Crippen LogP contribution in [0.3, 0.4) is 0 Å². The Morgan fingerprint density at radius 1 is 1.29 bits per heavy atom. The summed E-state index contributed by atoms with van der Waals surface area (Å²) in [4.78, 5) is 21.5. The van der Waals surface area contributed by atoms with E-state index in [2.05, 4.69) is 0 Å². The van der Waals surface area contributed by atoms with E-state index in [1.54, 1.807) is 0 Å². The number of aliphatic carboxylic acids is 1. The summed E-state index contributed by atoms with van der Waals surface area (Å²) in [6.45, 7) is 0. The van der Waals surface area contributed by atoms with Crippen molar-refractivity contribution in [2.45, 2.75) is 12.8 Å². The molecule has 5 heteroatoms. The van der Waals surface area contributed by atoms with E-state index in [0.717, 1.165) is 0 Å². The number of aromatic hydroxyl groups is 1. The predicted molar refractivity (Wildman–Crippen MR) is 64.0 cm³/mol. The molecule has 0 aliphatic carbocycles. The number of hydrogen-bond donors (Lipinski definition) is 2. The molecule has 0 unspecified atom stereocenters. The Bertz CT molecular complexity index is 466. The van der Waals surface area contributed by atoms with Crippen LogP contribution in [0.4, 0.5) is 0 Å². The number of carbonyl (C=O) groups excluding carboxylic acids is 1. The highest BCUT2D eigenvalue weighted by atomic mass is 35.5. The maximum Gasteiger partial charge on any atom is 0.303 e. The molecular weight excluding hydrogens is 244 g/mol. The first-order chi connectivity index (χ1) is 7.99. The van der Waals surface area contributed by atoms with Crippen LogP contribution < -0.4 is 0 Å². The third kappa shape index (κ3) is 4.70. The normalized spacial score (nSPS) is 10.6. The van der Waals surface area contributed by atoms with Crippen LogP contribution in [0.25, 0.3) is 6.08 Å². The number of halogens is 1. The van der Waals surface area contributed by atoms with Gasteiger partial charge in [-0.1, -0.05) is 11.6 Å². The molecule has 0 aromatic heterocycles. The summed E-state index contributed by atoms with van der Waals surface area (Å²) in [5.41, 5.74) is 0.418. The monoisotopic (exact) mass is 254 g/mol. The van der Waals surface area contributed by atoms with Crippen LogP contribution in [0, 0.1) is 0 Å². The summed E-state index contributed by atoms with van der Waals surface area (Å²) in [6, 6.07) is 4.46. The number of benzene rings is 1. The van der Waals surface area contributed by atoms with Gasteiger partial charge in [0.2, 0.25) is 0 Å². The number of carbonyl (C=O) groups is 2. The number of hydrogen-bond acceptors (Lipinski definition) is 3. The number of phenolic OH excluding ortho intramolecular Hbond substituents is 1. The highest BCUT2D eigenvalue weighted by Crippen LogP contribution is 2.22. The van der Waals surface area contributed by atoms with Crippen molar-refractivity contribution in [1.82, 2.24) is 0 Å². The highest BCUT2D eigenvalue weighted by Gasteiger charge is 2.03. The lowest BCUT2D eigenvalue weighted by Crippen LogP contribution is -1.99. The van der Waals surface area contributed by atoms with Crippen LogP contribution in [-0.2, 0) is 9.59 Å². The molecule has 0 amide bonds. The van der Waals surface area contributed by atoms with E-state index in [1.807, 2.05) is 0 Å². The van der Waals surface area contributed by atoms with Gasteiger partial charge in [-0.25, -0.2) is 0 Å².